The molecule has 0 N–H and O–H groups in total. The number of esters is 1. The Bertz CT molecular complexity index is 1030. The Balaban J connectivity index is 1.45. The summed E-state index contributed by atoms with van der Waals surface area (Å²) < 4.78 is 10.3. The lowest BCUT2D eigenvalue weighted by molar-refractivity contribution is 0.0423. The van der Waals surface area contributed by atoms with Crippen LogP contribution in [0.4, 0.5) is 0 Å². The highest BCUT2D eigenvalue weighted by molar-refractivity contribution is 5.90. The maximum absolute atomic E-state index is 12.2. The normalized spacial score (nSPS) is 10.7. The molecule has 0 saturated carbocycles. The van der Waals surface area contributed by atoms with E-state index in [9.17, 15) is 4.79 Å². The number of pyridine rings is 1. The molecule has 0 unspecified atom stereocenters. The summed E-state index contributed by atoms with van der Waals surface area (Å²) in [7, 11) is 0. The maximum Gasteiger partial charge on any atom is 0.357 e. The number of fused-ring (bicyclic) bond motifs is 1. The lowest BCUT2D eigenvalue weighted by Gasteiger charge is -2.02. The SMILES string of the molecule is O=C(OCc1nc(-c2ccccc2)no1)c1ccc2ccccc2n1. The average molecular weight is 331 g/mol. The van der Waals surface area contributed by atoms with Crippen LogP contribution >= 0.6 is 0 Å². The van der Waals surface area contributed by atoms with Crippen molar-refractivity contribution < 1.29 is 14.1 Å². The zero-order valence-corrected chi connectivity index (χ0v) is 13.1. The Labute approximate surface area is 143 Å². The van der Waals surface area contributed by atoms with Gasteiger partial charge in [-0.05, 0) is 12.1 Å². The molecule has 0 amide bonds. The number of carbonyl (C=O) groups is 1. The van der Waals surface area contributed by atoms with Crippen molar-refractivity contribution >= 4 is 16.9 Å². The molecule has 0 fully saturated rings. The molecule has 2 aromatic heterocycles. The third-order valence-corrected chi connectivity index (χ3v) is 3.63. The first kappa shape index (κ1) is 15.0. The second kappa shape index (κ2) is 6.52. The minimum Gasteiger partial charge on any atom is -0.451 e. The minimum atomic E-state index is -0.537. The Morgan fingerprint density at radius 1 is 0.920 bits per heavy atom. The molecule has 122 valence electrons. The third-order valence-electron chi connectivity index (χ3n) is 3.63. The van der Waals surface area contributed by atoms with Crippen LogP contribution in [0.2, 0.25) is 0 Å². The van der Waals surface area contributed by atoms with Crippen LogP contribution in [0.3, 0.4) is 0 Å². The predicted molar refractivity (Wildman–Crippen MR) is 90.6 cm³/mol. The van der Waals surface area contributed by atoms with Crippen LogP contribution < -0.4 is 0 Å². The van der Waals surface area contributed by atoms with E-state index in [0.717, 1.165) is 16.5 Å². The lowest BCUT2D eigenvalue weighted by Crippen LogP contribution is -2.07. The van der Waals surface area contributed by atoms with Gasteiger partial charge in [0.2, 0.25) is 5.82 Å². The van der Waals surface area contributed by atoms with E-state index >= 15 is 0 Å². The quantitative estimate of drug-likeness (QED) is 0.531. The summed E-state index contributed by atoms with van der Waals surface area (Å²) in [4.78, 5) is 20.7. The Kier molecular flexibility index (Phi) is 3.92. The number of hydrogen-bond donors (Lipinski definition) is 0. The van der Waals surface area contributed by atoms with Gasteiger partial charge in [0.25, 0.3) is 5.89 Å². The van der Waals surface area contributed by atoms with Crippen LogP contribution in [0.5, 0.6) is 0 Å². The van der Waals surface area contributed by atoms with Crippen molar-refractivity contribution in [1.29, 1.82) is 0 Å². The van der Waals surface area contributed by atoms with Gasteiger partial charge in [0.1, 0.15) is 5.69 Å². The fraction of sp³-hybridized carbons (Fsp3) is 0.0526. The highest BCUT2D eigenvalue weighted by Crippen LogP contribution is 2.16. The van der Waals surface area contributed by atoms with E-state index in [1.54, 1.807) is 6.07 Å². The topological polar surface area (TPSA) is 78.1 Å². The van der Waals surface area contributed by atoms with E-state index in [-0.39, 0.29) is 18.2 Å². The van der Waals surface area contributed by atoms with Crippen LogP contribution in [-0.2, 0) is 11.3 Å². The molecule has 4 aromatic rings. The summed E-state index contributed by atoms with van der Waals surface area (Å²) >= 11 is 0. The van der Waals surface area contributed by atoms with Crippen molar-refractivity contribution in [3.05, 3.63) is 78.3 Å². The van der Waals surface area contributed by atoms with Gasteiger partial charge < -0.3 is 9.26 Å². The number of aromatic nitrogens is 3. The van der Waals surface area contributed by atoms with Crippen molar-refractivity contribution in [3.8, 4) is 11.4 Å². The Morgan fingerprint density at radius 3 is 2.60 bits per heavy atom. The van der Waals surface area contributed by atoms with Gasteiger partial charge in [-0.25, -0.2) is 9.78 Å². The molecule has 0 spiro atoms. The monoisotopic (exact) mass is 331 g/mol. The summed E-state index contributed by atoms with van der Waals surface area (Å²) in [6.45, 7) is -0.104. The molecule has 6 nitrogen and oxygen atoms in total. The van der Waals surface area contributed by atoms with E-state index < -0.39 is 5.97 Å². The first-order chi connectivity index (χ1) is 12.3. The molecule has 0 saturated heterocycles. The molecule has 0 aliphatic carbocycles. The standard InChI is InChI=1S/C19H13N3O3/c23-19(16-11-10-13-6-4-5-9-15(13)20-16)24-12-17-21-18(22-25-17)14-7-2-1-3-8-14/h1-11H,12H2. The largest absolute Gasteiger partial charge is 0.451 e. The number of hydrogen-bond acceptors (Lipinski definition) is 6. The highest BCUT2D eigenvalue weighted by atomic mass is 16.6. The molecular weight excluding hydrogens is 318 g/mol. The van der Waals surface area contributed by atoms with Gasteiger partial charge in [-0.3, -0.25) is 0 Å². The summed E-state index contributed by atoms with van der Waals surface area (Å²) in [5.74, 6) is 0.147. The molecule has 25 heavy (non-hydrogen) atoms. The third kappa shape index (κ3) is 3.23. The van der Waals surface area contributed by atoms with Crippen molar-refractivity contribution in [2.75, 3.05) is 0 Å². The van der Waals surface area contributed by atoms with Crippen LogP contribution in [0.1, 0.15) is 16.4 Å². The van der Waals surface area contributed by atoms with Crippen molar-refractivity contribution in [3.63, 3.8) is 0 Å². The average Bonchev–Trinajstić information content (AvgIpc) is 3.15. The van der Waals surface area contributed by atoms with Gasteiger partial charge in [-0.15, -0.1) is 0 Å². The lowest BCUT2D eigenvalue weighted by atomic mass is 10.2. The van der Waals surface area contributed by atoms with Gasteiger partial charge in [0.15, 0.2) is 6.61 Å². The van der Waals surface area contributed by atoms with Gasteiger partial charge >= 0.3 is 5.97 Å². The molecule has 4 rings (SSSR count). The molecule has 6 heteroatoms. The number of ether oxygens (including phenoxy) is 1. The Morgan fingerprint density at radius 2 is 1.72 bits per heavy atom. The van der Waals surface area contributed by atoms with E-state index in [1.165, 1.54) is 0 Å². The Hall–Kier alpha value is -3.54. The van der Waals surface area contributed by atoms with Crippen molar-refractivity contribution in [1.82, 2.24) is 15.1 Å². The molecule has 0 aliphatic heterocycles. The summed E-state index contributed by atoms with van der Waals surface area (Å²) in [5, 5.41) is 4.85. The molecule has 2 aromatic carbocycles. The predicted octanol–water partition coefficient (Wildman–Crippen LogP) is 3.64. The van der Waals surface area contributed by atoms with Gasteiger partial charge in [0, 0.05) is 10.9 Å². The second-order valence-electron chi connectivity index (χ2n) is 5.34. The van der Waals surface area contributed by atoms with Crippen LogP contribution in [-0.4, -0.2) is 21.1 Å². The van der Waals surface area contributed by atoms with E-state index in [1.807, 2.05) is 60.7 Å². The van der Waals surface area contributed by atoms with Crippen molar-refractivity contribution in [2.45, 2.75) is 6.61 Å². The fourth-order valence-corrected chi connectivity index (χ4v) is 2.40. The number of benzene rings is 2. The molecule has 0 atom stereocenters. The molecule has 2 heterocycles. The van der Waals surface area contributed by atoms with E-state index in [0.29, 0.717) is 5.82 Å². The van der Waals surface area contributed by atoms with Crippen LogP contribution in [0.15, 0.2) is 71.3 Å². The number of rotatable bonds is 4. The molecule has 0 radical (unpaired) electrons. The summed E-state index contributed by atoms with van der Waals surface area (Å²) in [5.41, 5.74) is 1.81. The van der Waals surface area contributed by atoms with Gasteiger partial charge in [-0.1, -0.05) is 59.8 Å². The summed E-state index contributed by atoms with van der Waals surface area (Å²) in [6, 6.07) is 20.5. The number of carbonyl (C=O) groups excluding carboxylic acids is 1. The first-order valence-electron chi connectivity index (χ1n) is 7.70. The van der Waals surface area contributed by atoms with Crippen LogP contribution in [0.25, 0.3) is 22.3 Å². The van der Waals surface area contributed by atoms with Crippen molar-refractivity contribution in [2.24, 2.45) is 0 Å². The smallest absolute Gasteiger partial charge is 0.357 e. The first-order valence-corrected chi connectivity index (χ1v) is 7.70. The fourth-order valence-electron chi connectivity index (χ4n) is 2.40. The second-order valence-corrected chi connectivity index (χ2v) is 5.34. The van der Waals surface area contributed by atoms with Gasteiger partial charge in [0.05, 0.1) is 5.52 Å². The number of nitrogens with zero attached hydrogens (tertiary/aromatic N) is 3. The molecular formula is C19H13N3O3. The zero-order valence-electron chi connectivity index (χ0n) is 13.1. The maximum atomic E-state index is 12.2. The highest BCUT2D eigenvalue weighted by Gasteiger charge is 2.13. The van der Waals surface area contributed by atoms with Crippen LogP contribution in [0, 0.1) is 0 Å². The minimum absolute atomic E-state index is 0.104. The molecule has 0 aliphatic rings. The number of para-hydroxylation sites is 1. The van der Waals surface area contributed by atoms with E-state index in [4.69, 9.17) is 9.26 Å². The summed E-state index contributed by atoms with van der Waals surface area (Å²) in [6.07, 6.45) is 0. The van der Waals surface area contributed by atoms with Gasteiger partial charge in [-0.2, -0.15) is 4.98 Å². The molecule has 0 bridgehead atoms. The van der Waals surface area contributed by atoms with E-state index in [2.05, 4.69) is 15.1 Å². The zero-order chi connectivity index (χ0) is 17.1.